The Labute approximate surface area is 157 Å². The molecule has 0 aromatic heterocycles. The number of carboxylic acid groups (broad SMARTS) is 1. The standard InChI is InChI=1S/C21H23NO5/c1-21(12-23,13-24)22-10-18-14-6-2-4-8-16(14)20(27-11-19(25)26)17-9-5-3-7-15(17)18/h2-9,22-24H,10-13H2,1H3,(H,25,26). The summed E-state index contributed by atoms with van der Waals surface area (Å²) in [5, 5.41) is 34.9. The molecule has 4 N–H and O–H groups in total. The molecular formula is C21H23NO5. The third-order valence-corrected chi connectivity index (χ3v) is 4.72. The van der Waals surface area contributed by atoms with Crippen molar-refractivity contribution in [1.29, 1.82) is 0 Å². The Balaban J connectivity index is 2.18. The maximum atomic E-state index is 11.0. The molecule has 0 fully saturated rings. The van der Waals surface area contributed by atoms with E-state index < -0.39 is 18.1 Å². The lowest BCUT2D eigenvalue weighted by atomic mass is 9.94. The highest BCUT2D eigenvalue weighted by atomic mass is 16.5. The van der Waals surface area contributed by atoms with Gasteiger partial charge in [0.15, 0.2) is 6.61 Å². The molecule has 0 atom stereocenters. The average molecular weight is 369 g/mol. The molecule has 0 amide bonds. The van der Waals surface area contributed by atoms with Crippen LogP contribution in [0, 0.1) is 0 Å². The molecule has 3 rings (SSSR count). The van der Waals surface area contributed by atoms with Gasteiger partial charge in [-0.3, -0.25) is 0 Å². The van der Waals surface area contributed by atoms with Gasteiger partial charge in [-0.15, -0.1) is 0 Å². The topological polar surface area (TPSA) is 99.0 Å². The summed E-state index contributed by atoms with van der Waals surface area (Å²) in [6.45, 7) is 1.37. The molecule has 0 saturated carbocycles. The van der Waals surface area contributed by atoms with Crippen molar-refractivity contribution in [3.05, 3.63) is 54.1 Å². The van der Waals surface area contributed by atoms with Gasteiger partial charge < -0.3 is 25.4 Å². The lowest BCUT2D eigenvalue weighted by molar-refractivity contribution is -0.139. The van der Waals surface area contributed by atoms with Crippen LogP contribution in [-0.4, -0.2) is 46.6 Å². The molecule has 0 saturated heterocycles. The molecule has 0 bridgehead atoms. The summed E-state index contributed by atoms with van der Waals surface area (Å²) in [7, 11) is 0. The number of aliphatic carboxylic acids is 1. The van der Waals surface area contributed by atoms with Crippen LogP contribution in [-0.2, 0) is 11.3 Å². The van der Waals surface area contributed by atoms with Crippen LogP contribution in [0.4, 0.5) is 0 Å². The molecule has 142 valence electrons. The highest BCUT2D eigenvalue weighted by molar-refractivity contribution is 6.08. The highest BCUT2D eigenvalue weighted by Crippen LogP contribution is 2.38. The zero-order valence-corrected chi connectivity index (χ0v) is 15.1. The zero-order valence-electron chi connectivity index (χ0n) is 15.1. The van der Waals surface area contributed by atoms with E-state index in [1.807, 2.05) is 48.5 Å². The number of aliphatic hydroxyl groups excluding tert-OH is 2. The van der Waals surface area contributed by atoms with Gasteiger partial charge in [-0.25, -0.2) is 4.79 Å². The number of benzene rings is 3. The van der Waals surface area contributed by atoms with Crippen LogP contribution < -0.4 is 10.1 Å². The van der Waals surface area contributed by atoms with E-state index in [1.54, 1.807) is 6.92 Å². The fraction of sp³-hybridized carbons (Fsp3) is 0.286. The monoisotopic (exact) mass is 369 g/mol. The number of aliphatic hydroxyl groups is 2. The average Bonchev–Trinajstić information content (AvgIpc) is 2.70. The van der Waals surface area contributed by atoms with Crippen molar-refractivity contribution in [2.75, 3.05) is 19.8 Å². The maximum Gasteiger partial charge on any atom is 0.341 e. The second-order valence-corrected chi connectivity index (χ2v) is 6.81. The molecule has 0 aliphatic heterocycles. The normalized spacial score (nSPS) is 11.8. The Morgan fingerprint density at radius 3 is 1.89 bits per heavy atom. The minimum absolute atomic E-state index is 0.195. The number of hydrogen-bond acceptors (Lipinski definition) is 5. The number of rotatable bonds is 8. The first-order valence-corrected chi connectivity index (χ1v) is 8.73. The fourth-order valence-electron chi connectivity index (χ4n) is 3.12. The third-order valence-electron chi connectivity index (χ3n) is 4.72. The lowest BCUT2D eigenvalue weighted by Crippen LogP contribution is -2.48. The van der Waals surface area contributed by atoms with Crippen molar-refractivity contribution in [3.8, 4) is 5.75 Å². The first kappa shape index (κ1) is 19.1. The zero-order chi connectivity index (χ0) is 19.4. The van der Waals surface area contributed by atoms with Crippen LogP contribution in [0.25, 0.3) is 21.5 Å². The van der Waals surface area contributed by atoms with E-state index in [4.69, 9.17) is 9.84 Å². The van der Waals surface area contributed by atoms with E-state index in [1.165, 1.54) is 0 Å². The second kappa shape index (κ2) is 7.92. The Morgan fingerprint density at radius 2 is 1.44 bits per heavy atom. The van der Waals surface area contributed by atoms with Crippen LogP contribution in [0.3, 0.4) is 0 Å². The smallest absolute Gasteiger partial charge is 0.341 e. The van der Waals surface area contributed by atoms with Gasteiger partial charge in [0.2, 0.25) is 0 Å². The molecular weight excluding hydrogens is 346 g/mol. The van der Waals surface area contributed by atoms with Crippen LogP contribution in [0.1, 0.15) is 12.5 Å². The molecule has 27 heavy (non-hydrogen) atoms. The first-order valence-electron chi connectivity index (χ1n) is 8.73. The fourth-order valence-corrected chi connectivity index (χ4v) is 3.12. The third kappa shape index (κ3) is 3.88. The quantitative estimate of drug-likeness (QED) is 0.455. The van der Waals surface area contributed by atoms with Crippen molar-refractivity contribution >= 4 is 27.5 Å². The lowest BCUT2D eigenvalue weighted by Gasteiger charge is -2.27. The van der Waals surface area contributed by atoms with Crippen molar-refractivity contribution < 1.29 is 24.9 Å². The summed E-state index contributed by atoms with van der Waals surface area (Å²) < 4.78 is 5.64. The van der Waals surface area contributed by atoms with Gasteiger partial charge in [-0.1, -0.05) is 48.5 Å². The number of hydrogen-bond donors (Lipinski definition) is 4. The van der Waals surface area contributed by atoms with Crippen molar-refractivity contribution in [1.82, 2.24) is 5.32 Å². The number of nitrogens with one attached hydrogen (secondary N) is 1. The van der Waals surface area contributed by atoms with Gasteiger partial charge >= 0.3 is 5.97 Å². The predicted octanol–water partition coefficient (Wildman–Crippen LogP) is 2.29. The Kier molecular flexibility index (Phi) is 5.60. The van der Waals surface area contributed by atoms with Gasteiger partial charge in [-0.05, 0) is 23.3 Å². The van der Waals surface area contributed by atoms with Gasteiger partial charge in [0, 0.05) is 17.3 Å². The molecule has 0 unspecified atom stereocenters. The number of carbonyl (C=O) groups is 1. The molecule has 6 heteroatoms. The van der Waals surface area contributed by atoms with E-state index in [0.717, 1.165) is 27.1 Å². The van der Waals surface area contributed by atoms with Crippen LogP contribution in [0.2, 0.25) is 0 Å². The Hall–Kier alpha value is -2.67. The molecule has 0 aliphatic rings. The molecule has 0 aliphatic carbocycles. The summed E-state index contributed by atoms with van der Waals surface area (Å²) in [5.41, 5.74) is 0.192. The highest BCUT2D eigenvalue weighted by Gasteiger charge is 2.23. The number of ether oxygens (including phenoxy) is 1. The van der Waals surface area contributed by atoms with E-state index in [9.17, 15) is 15.0 Å². The first-order chi connectivity index (χ1) is 13.0. The van der Waals surface area contributed by atoms with Gasteiger partial charge in [0.05, 0.1) is 18.8 Å². The molecule has 0 heterocycles. The van der Waals surface area contributed by atoms with Gasteiger partial charge in [0.1, 0.15) is 5.75 Å². The SMILES string of the molecule is CC(CO)(CO)NCc1c2ccccc2c(OCC(=O)O)c2ccccc12. The Morgan fingerprint density at radius 1 is 0.963 bits per heavy atom. The summed E-state index contributed by atoms with van der Waals surface area (Å²) in [4.78, 5) is 11.0. The van der Waals surface area contributed by atoms with Crippen LogP contribution >= 0.6 is 0 Å². The molecule has 0 radical (unpaired) electrons. The summed E-state index contributed by atoms with van der Waals surface area (Å²) >= 11 is 0. The molecule has 3 aromatic rings. The van der Waals surface area contributed by atoms with E-state index in [-0.39, 0.29) is 13.2 Å². The van der Waals surface area contributed by atoms with E-state index in [0.29, 0.717) is 12.3 Å². The van der Waals surface area contributed by atoms with Crippen LogP contribution in [0.5, 0.6) is 5.75 Å². The molecule has 3 aromatic carbocycles. The molecule has 0 spiro atoms. The number of carboxylic acids is 1. The van der Waals surface area contributed by atoms with Crippen molar-refractivity contribution in [3.63, 3.8) is 0 Å². The van der Waals surface area contributed by atoms with Crippen molar-refractivity contribution in [2.45, 2.75) is 19.0 Å². The summed E-state index contributed by atoms with van der Waals surface area (Å²) in [6, 6.07) is 15.3. The maximum absolute atomic E-state index is 11.0. The summed E-state index contributed by atoms with van der Waals surface area (Å²) in [5.74, 6) is -0.491. The van der Waals surface area contributed by atoms with Gasteiger partial charge in [-0.2, -0.15) is 0 Å². The second-order valence-electron chi connectivity index (χ2n) is 6.81. The van der Waals surface area contributed by atoms with Gasteiger partial charge in [0.25, 0.3) is 0 Å². The van der Waals surface area contributed by atoms with E-state index in [2.05, 4.69) is 5.32 Å². The van der Waals surface area contributed by atoms with E-state index >= 15 is 0 Å². The largest absolute Gasteiger partial charge is 0.481 e. The molecule has 6 nitrogen and oxygen atoms in total. The minimum Gasteiger partial charge on any atom is -0.481 e. The van der Waals surface area contributed by atoms with Crippen molar-refractivity contribution in [2.24, 2.45) is 0 Å². The van der Waals surface area contributed by atoms with Crippen LogP contribution in [0.15, 0.2) is 48.5 Å². The summed E-state index contributed by atoms with van der Waals surface area (Å²) in [6.07, 6.45) is 0. The predicted molar refractivity (Wildman–Crippen MR) is 104 cm³/mol. The Bertz CT molecular complexity index is 908. The number of fused-ring (bicyclic) bond motifs is 2. The minimum atomic E-state index is -1.03.